The fourth-order valence-electron chi connectivity index (χ4n) is 4.35. The van der Waals surface area contributed by atoms with Crippen LogP contribution in [0.3, 0.4) is 0 Å². The number of rotatable bonds is 13. The Labute approximate surface area is 229 Å². The molecule has 3 heterocycles. The Balaban J connectivity index is 1.45. The van der Waals surface area contributed by atoms with E-state index < -0.39 is 17.1 Å². The number of hydrogen-bond acceptors (Lipinski definition) is 10. The molecule has 0 bridgehead atoms. The number of allylic oxidation sites excluding steroid dienone is 1. The van der Waals surface area contributed by atoms with Crippen LogP contribution in [0.4, 0.5) is 11.5 Å². The summed E-state index contributed by atoms with van der Waals surface area (Å²) in [6.07, 6.45) is 4.35. The molecule has 1 aliphatic rings. The Hall–Kier alpha value is -4.33. The first-order chi connectivity index (χ1) is 19.4. The summed E-state index contributed by atoms with van der Waals surface area (Å²) in [4.78, 5) is 39.6. The van der Waals surface area contributed by atoms with Gasteiger partial charge in [0.2, 0.25) is 12.2 Å². The van der Waals surface area contributed by atoms with E-state index in [2.05, 4.69) is 15.6 Å². The Kier molecular flexibility index (Phi) is 9.78. The first-order valence-corrected chi connectivity index (χ1v) is 12.8. The second-order valence-electron chi connectivity index (χ2n) is 8.96. The molecule has 3 N–H and O–H groups in total. The Bertz CT molecular complexity index is 1370. The van der Waals surface area contributed by atoms with Crippen molar-refractivity contribution in [2.24, 2.45) is 0 Å². The highest BCUT2D eigenvalue weighted by Crippen LogP contribution is 2.36. The summed E-state index contributed by atoms with van der Waals surface area (Å²) in [5.41, 5.74) is 1.53. The van der Waals surface area contributed by atoms with Gasteiger partial charge in [-0.05, 0) is 23.8 Å². The molecule has 0 saturated heterocycles. The second kappa shape index (κ2) is 13.6. The SMILES string of the molecule is CC(=O)n1cc([C@@H]2C=C(C(=O)NCCNc3ccc([N+](=O)[O-])cn3)O[C@H](OCCOCCO)C2)c2ccccc21. The molecule has 0 spiro atoms. The zero-order chi connectivity index (χ0) is 28.5. The molecule has 2 aromatic heterocycles. The highest BCUT2D eigenvalue weighted by atomic mass is 16.7. The van der Waals surface area contributed by atoms with Gasteiger partial charge >= 0.3 is 0 Å². The third kappa shape index (κ3) is 7.20. The number of fused-ring (bicyclic) bond motifs is 1. The number of hydrogen-bond donors (Lipinski definition) is 3. The van der Waals surface area contributed by atoms with Crippen LogP contribution in [0.15, 0.2) is 60.6 Å². The van der Waals surface area contributed by atoms with Crippen molar-refractivity contribution in [2.75, 3.05) is 44.8 Å². The minimum absolute atomic E-state index is 0.0886. The molecule has 13 nitrogen and oxygen atoms in total. The molecule has 0 saturated carbocycles. The summed E-state index contributed by atoms with van der Waals surface area (Å²) in [5, 5.41) is 26.3. The minimum atomic E-state index is -0.740. The van der Waals surface area contributed by atoms with Crippen LogP contribution in [-0.2, 0) is 19.0 Å². The number of amides is 1. The molecule has 2 atom stereocenters. The van der Waals surface area contributed by atoms with Gasteiger partial charge in [0.05, 0.1) is 36.9 Å². The van der Waals surface area contributed by atoms with Crippen molar-refractivity contribution in [1.82, 2.24) is 14.9 Å². The molecule has 1 amide bonds. The van der Waals surface area contributed by atoms with Crippen LogP contribution in [0.1, 0.15) is 29.6 Å². The molecule has 4 rings (SSSR count). The van der Waals surface area contributed by atoms with E-state index in [0.29, 0.717) is 18.8 Å². The number of carbonyl (C=O) groups excluding carboxylic acids is 2. The molecule has 212 valence electrons. The van der Waals surface area contributed by atoms with Crippen LogP contribution >= 0.6 is 0 Å². The van der Waals surface area contributed by atoms with Crippen molar-refractivity contribution < 1.29 is 33.8 Å². The fourth-order valence-corrected chi connectivity index (χ4v) is 4.35. The summed E-state index contributed by atoms with van der Waals surface area (Å²) in [6, 6.07) is 10.4. The van der Waals surface area contributed by atoms with Gasteiger partial charge in [0.25, 0.3) is 11.6 Å². The predicted octanol–water partition coefficient (Wildman–Crippen LogP) is 2.57. The third-order valence-corrected chi connectivity index (χ3v) is 6.21. The average molecular weight is 554 g/mol. The molecule has 1 aromatic carbocycles. The van der Waals surface area contributed by atoms with Gasteiger partial charge in [-0.3, -0.25) is 24.3 Å². The summed E-state index contributed by atoms with van der Waals surface area (Å²) in [7, 11) is 0. The molecule has 0 fully saturated rings. The van der Waals surface area contributed by atoms with E-state index in [1.54, 1.807) is 16.8 Å². The lowest BCUT2D eigenvalue weighted by Crippen LogP contribution is -2.35. The molecule has 3 aromatic rings. The van der Waals surface area contributed by atoms with E-state index in [-0.39, 0.29) is 56.2 Å². The van der Waals surface area contributed by atoms with Crippen LogP contribution in [0, 0.1) is 10.1 Å². The van der Waals surface area contributed by atoms with Gasteiger partial charge in [0.1, 0.15) is 12.0 Å². The van der Waals surface area contributed by atoms with Crippen molar-refractivity contribution >= 4 is 34.2 Å². The lowest BCUT2D eigenvalue weighted by Gasteiger charge is -2.29. The number of aromatic nitrogens is 2. The molecule has 1 aliphatic heterocycles. The lowest BCUT2D eigenvalue weighted by molar-refractivity contribution is -0.385. The minimum Gasteiger partial charge on any atom is -0.459 e. The largest absolute Gasteiger partial charge is 0.459 e. The normalized spacial score (nSPS) is 16.7. The molecular weight excluding hydrogens is 522 g/mol. The van der Waals surface area contributed by atoms with Crippen LogP contribution in [0.2, 0.25) is 0 Å². The first-order valence-electron chi connectivity index (χ1n) is 12.8. The van der Waals surface area contributed by atoms with E-state index in [0.717, 1.165) is 22.7 Å². The molecule has 0 aliphatic carbocycles. The van der Waals surface area contributed by atoms with Crippen molar-refractivity contribution in [3.63, 3.8) is 0 Å². The Morgan fingerprint density at radius 3 is 2.75 bits per heavy atom. The zero-order valence-electron chi connectivity index (χ0n) is 21.9. The number of aliphatic hydroxyl groups is 1. The second-order valence-corrected chi connectivity index (χ2v) is 8.96. The van der Waals surface area contributed by atoms with Gasteiger partial charge in [0, 0.05) is 50.0 Å². The number of carbonyl (C=O) groups is 2. The van der Waals surface area contributed by atoms with Gasteiger partial charge in [-0.15, -0.1) is 0 Å². The lowest BCUT2D eigenvalue weighted by atomic mass is 9.92. The number of nitrogens with one attached hydrogen (secondary N) is 2. The monoisotopic (exact) mass is 553 g/mol. The molecule has 0 unspecified atom stereocenters. The summed E-state index contributed by atoms with van der Waals surface area (Å²) in [6.45, 7) is 2.60. The maximum atomic E-state index is 13.1. The number of ether oxygens (including phenoxy) is 3. The highest BCUT2D eigenvalue weighted by Gasteiger charge is 2.30. The van der Waals surface area contributed by atoms with Gasteiger partial charge in [-0.2, -0.15) is 0 Å². The van der Waals surface area contributed by atoms with Gasteiger partial charge in [-0.1, -0.05) is 18.2 Å². The summed E-state index contributed by atoms with van der Waals surface area (Å²) >= 11 is 0. The van der Waals surface area contributed by atoms with Crippen molar-refractivity contribution in [3.05, 3.63) is 76.3 Å². The van der Waals surface area contributed by atoms with Gasteiger partial charge in [0.15, 0.2) is 5.76 Å². The average Bonchev–Trinajstić information content (AvgIpc) is 3.35. The van der Waals surface area contributed by atoms with E-state index in [4.69, 9.17) is 19.3 Å². The third-order valence-electron chi connectivity index (χ3n) is 6.21. The smallest absolute Gasteiger partial charge is 0.287 e. The summed E-state index contributed by atoms with van der Waals surface area (Å²) in [5.74, 6) is -0.313. The maximum Gasteiger partial charge on any atom is 0.287 e. The quantitative estimate of drug-likeness (QED) is 0.163. The van der Waals surface area contributed by atoms with E-state index in [1.165, 1.54) is 19.1 Å². The van der Waals surface area contributed by atoms with Crippen LogP contribution in [0.25, 0.3) is 10.9 Å². The molecule has 0 radical (unpaired) electrons. The first kappa shape index (κ1) is 28.7. The molecule has 40 heavy (non-hydrogen) atoms. The number of para-hydroxylation sites is 1. The fraction of sp³-hybridized carbons (Fsp3) is 0.370. The van der Waals surface area contributed by atoms with Gasteiger partial charge in [-0.25, -0.2) is 4.98 Å². The maximum absolute atomic E-state index is 13.1. The molecule has 13 heteroatoms. The van der Waals surface area contributed by atoms with Crippen molar-refractivity contribution in [1.29, 1.82) is 0 Å². The van der Waals surface area contributed by atoms with E-state index in [9.17, 15) is 19.7 Å². The zero-order valence-corrected chi connectivity index (χ0v) is 21.9. The van der Waals surface area contributed by atoms with Gasteiger partial charge < -0.3 is 30.0 Å². The Morgan fingerprint density at radius 1 is 1.20 bits per heavy atom. The van der Waals surface area contributed by atoms with Crippen LogP contribution < -0.4 is 10.6 Å². The number of pyridine rings is 1. The van der Waals surface area contributed by atoms with Crippen LogP contribution in [0.5, 0.6) is 0 Å². The Morgan fingerprint density at radius 2 is 2.02 bits per heavy atom. The van der Waals surface area contributed by atoms with Crippen molar-refractivity contribution in [3.8, 4) is 0 Å². The molecular formula is C27H31N5O8. The number of nitro groups is 1. The predicted molar refractivity (Wildman–Crippen MR) is 145 cm³/mol. The van der Waals surface area contributed by atoms with E-state index >= 15 is 0 Å². The number of aliphatic hydroxyl groups excluding tert-OH is 1. The number of nitrogens with zero attached hydrogens (tertiary/aromatic N) is 3. The van der Waals surface area contributed by atoms with Crippen molar-refractivity contribution in [2.45, 2.75) is 25.6 Å². The number of anilines is 1. The topological polar surface area (TPSA) is 167 Å². The standard InChI is InChI=1S/C27H31N5O8/c1-18(34)31-17-22(21-4-2-3-5-23(21)31)19-14-24(40-26(15-19)39-13-12-38-11-10-33)27(35)29-9-8-28-25-7-6-20(16-30-25)32(36)37/h2-7,14,16-17,19,26,33H,8-13,15H2,1H3,(H,28,30)(H,29,35)/t19-,26+/m1/s1. The highest BCUT2D eigenvalue weighted by molar-refractivity contribution is 5.95. The summed E-state index contributed by atoms with van der Waals surface area (Å²) < 4.78 is 18.6. The number of benzene rings is 1. The van der Waals surface area contributed by atoms with Crippen LogP contribution in [-0.4, -0.2) is 77.2 Å². The van der Waals surface area contributed by atoms with E-state index in [1.807, 2.05) is 24.3 Å².